The molecule has 6 nitrogen and oxygen atoms in total. The minimum atomic E-state index is -0.946. The average molecular weight is 508 g/mol. The molecule has 31 heavy (non-hydrogen) atoms. The Labute approximate surface area is 194 Å². The van der Waals surface area contributed by atoms with E-state index in [1.54, 1.807) is 11.3 Å². The van der Waals surface area contributed by atoms with Crippen LogP contribution in [0.25, 0.3) is 10.8 Å². The Morgan fingerprint density at radius 2 is 2.00 bits per heavy atom. The van der Waals surface area contributed by atoms with Crippen LogP contribution >= 0.6 is 27.3 Å². The molecule has 0 saturated heterocycles. The Morgan fingerprint density at radius 3 is 2.61 bits per heavy atom. The highest BCUT2D eigenvalue weighted by Crippen LogP contribution is 2.31. The highest BCUT2D eigenvalue weighted by Gasteiger charge is 2.21. The highest BCUT2D eigenvalue weighted by atomic mass is 79.9. The zero-order chi connectivity index (χ0) is 22.4. The van der Waals surface area contributed by atoms with Crippen LogP contribution in [-0.4, -0.2) is 34.9 Å². The Balaban J connectivity index is 1.52. The molecule has 2 atom stereocenters. The molecular formula is C23H26BrNO5S. The Hall–Kier alpha value is -2.16. The summed E-state index contributed by atoms with van der Waals surface area (Å²) in [5.41, 5.74) is 1.77. The van der Waals surface area contributed by atoms with Crippen LogP contribution in [-0.2, 0) is 22.4 Å². The van der Waals surface area contributed by atoms with Crippen molar-refractivity contribution in [2.24, 2.45) is 0 Å². The molecule has 0 amide bonds. The van der Waals surface area contributed by atoms with E-state index in [9.17, 15) is 9.90 Å². The highest BCUT2D eigenvalue weighted by molar-refractivity contribution is 9.11. The van der Waals surface area contributed by atoms with Crippen LogP contribution in [0.5, 0.6) is 5.75 Å². The summed E-state index contributed by atoms with van der Waals surface area (Å²) in [7, 11) is 0. The van der Waals surface area contributed by atoms with Crippen LogP contribution in [0.3, 0.4) is 0 Å². The maximum atomic E-state index is 11.5. The smallest absolute Gasteiger partial charge is 0.333 e. The molecule has 0 aliphatic carbocycles. The predicted molar refractivity (Wildman–Crippen MR) is 124 cm³/mol. The lowest BCUT2D eigenvalue weighted by Crippen LogP contribution is -2.30. The second kappa shape index (κ2) is 10.9. The molecule has 3 aromatic rings. The van der Waals surface area contributed by atoms with Gasteiger partial charge in [-0.3, -0.25) is 0 Å². The Kier molecular flexibility index (Phi) is 8.28. The van der Waals surface area contributed by atoms with E-state index in [-0.39, 0.29) is 6.10 Å². The number of thiophene rings is 1. The quantitative estimate of drug-likeness (QED) is 0.347. The largest absolute Gasteiger partial charge is 0.493 e. The molecule has 0 bridgehead atoms. The number of benzene rings is 1. The summed E-state index contributed by atoms with van der Waals surface area (Å²) in [4.78, 5) is 17.0. The van der Waals surface area contributed by atoms with E-state index in [1.807, 2.05) is 57.2 Å². The molecule has 8 heteroatoms. The van der Waals surface area contributed by atoms with Gasteiger partial charge in [-0.1, -0.05) is 19.1 Å². The number of rotatable bonds is 11. The van der Waals surface area contributed by atoms with Gasteiger partial charge in [-0.05, 0) is 66.0 Å². The average Bonchev–Trinajstić information content (AvgIpc) is 3.34. The van der Waals surface area contributed by atoms with Crippen LogP contribution in [0.15, 0.2) is 44.6 Å². The maximum absolute atomic E-state index is 11.5. The molecule has 2 heterocycles. The van der Waals surface area contributed by atoms with Crippen LogP contribution in [0.4, 0.5) is 0 Å². The van der Waals surface area contributed by atoms with Crippen molar-refractivity contribution in [3.63, 3.8) is 0 Å². The summed E-state index contributed by atoms with van der Waals surface area (Å²) < 4.78 is 18.3. The van der Waals surface area contributed by atoms with Gasteiger partial charge in [-0.15, -0.1) is 11.3 Å². The van der Waals surface area contributed by atoms with Gasteiger partial charge in [-0.25, -0.2) is 9.78 Å². The summed E-state index contributed by atoms with van der Waals surface area (Å²) in [6.07, 6.45) is 0.779. The lowest BCUT2D eigenvalue weighted by Gasteiger charge is -2.18. The van der Waals surface area contributed by atoms with Crippen molar-refractivity contribution in [1.82, 2.24) is 4.98 Å². The maximum Gasteiger partial charge on any atom is 0.333 e. The van der Waals surface area contributed by atoms with E-state index in [2.05, 4.69) is 20.9 Å². The van der Waals surface area contributed by atoms with Crippen molar-refractivity contribution in [3.05, 3.63) is 57.2 Å². The molecule has 1 aromatic carbocycles. The minimum absolute atomic E-state index is 0.0921. The summed E-state index contributed by atoms with van der Waals surface area (Å²) >= 11 is 5.03. The Bertz CT molecular complexity index is 998. The van der Waals surface area contributed by atoms with Gasteiger partial charge in [0.15, 0.2) is 6.10 Å². The number of nitrogens with zero attached hydrogens (tertiary/aromatic N) is 1. The first kappa shape index (κ1) is 23.5. The summed E-state index contributed by atoms with van der Waals surface area (Å²) in [6, 6.07) is 11.4. The number of hydrogen-bond donors (Lipinski definition) is 1. The standard InChI is InChI=1S/C23H26BrNO5S/c1-4-14(2)29-19(23(26)27)13-16-5-7-17(8-6-16)28-12-11-18-15(3)30-22(25-18)20-9-10-21(24)31-20/h5-10,14,19H,4,11-13H2,1-3H3,(H,26,27). The van der Waals surface area contributed by atoms with Crippen molar-refractivity contribution in [3.8, 4) is 16.5 Å². The van der Waals surface area contributed by atoms with E-state index < -0.39 is 12.1 Å². The van der Waals surface area contributed by atoms with Gasteiger partial charge in [-0.2, -0.15) is 0 Å². The number of carbonyl (C=O) groups is 1. The number of hydrogen-bond acceptors (Lipinski definition) is 6. The van der Waals surface area contributed by atoms with E-state index >= 15 is 0 Å². The van der Waals surface area contributed by atoms with Crippen molar-refractivity contribution >= 4 is 33.2 Å². The van der Waals surface area contributed by atoms with Crippen molar-refractivity contribution < 1.29 is 23.8 Å². The second-order valence-corrected chi connectivity index (χ2v) is 9.72. The third-order valence-corrected chi connectivity index (χ3v) is 6.49. The summed E-state index contributed by atoms with van der Waals surface area (Å²) in [5, 5.41) is 9.39. The number of halogens is 1. The van der Waals surface area contributed by atoms with Gasteiger partial charge in [0, 0.05) is 12.8 Å². The molecule has 0 spiro atoms. The van der Waals surface area contributed by atoms with E-state index in [0.717, 1.165) is 37.9 Å². The number of ether oxygens (including phenoxy) is 2. The molecule has 166 valence electrons. The SMILES string of the molecule is CCC(C)OC(Cc1ccc(OCCc2nc(-c3ccc(Br)s3)oc2C)cc1)C(=O)O. The van der Waals surface area contributed by atoms with Gasteiger partial charge >= 0.3 is 5.97 Å². The Morgan fingerprint density at radius 1 is 1.26 bits per heavy atom. The van der Waals surface area contributed by atoms with Crippen LogP contribution < -0.4 is 4.74 Å². The minimum Gasteiger partial charge on any atom is -0.493 e. The van der Waals surface area contributed by atoms with Crippen molar-refractivity contribution in [2.45, 2.75) is 52.2 Å². The fourth-order valence-electron chi connectivity index (χ4n) is 2.97. The monoisotopic (exact) mass is 507 g/mol. The van der Waals surface area contributed by atoms with Crippen molar-refractivity contribution in [2.75, 3.05) is 6.61 Å². The fraction of sp³-hybridized carbons (Fsp3) is 0.391. The van der Waals surface area contributed by atoms with Crippen molar-refractivity contribution in [1.29, 1.82) is 0 Å². The third-order valence-electron chi connectivity index (χ3n) is 4.88. The van der Waals surface area contributed by atoms with Gasteiger partial charge < -0.3 is 19.0 Å². The first-order valence-electron chi connectivity index (χ1n) is 10.2. The number of oxazole rings is 1. The number of aliphatic carboxylic acids is 1. The molecular weight excluding hydrogens is 482 g/mol. The number of carboxylic acid groups (broad SMARTS) is 1. The molecule has 0 fully saturated rings. The van der Waals surface area contributed by atoms with Gasteiger partial charge in [0.25, 0.3) is 0 Å². The normalized spacial score (nSPS) is 13.2. The molecule has 0 aliphatic heterocycles. The molecule has 2 aromatic heterocycles. The number of aromatic nitrogens is 1. The van der Waals surface area contributed by atoms with Gasteiger partial charge in [0.2, 0.25) is 5.89 Å². The lowest BCUT2D eigenvalue weighted by molar-refractivity contribution is -0.153. The summed E-state index contributed by atoms with van der Waals surface area (Å²) in [6.45, 7) is 6.23. The third kappa shape index (κ3) is 6.66. The van der Waals surface area contributed by atoms with E-state index in [1.165, 1.54) is 0 Å². The molecule has 1 N–H and O–H groups in total. The number of aryl methyl sites for hydroxylation is 1. The van der Waals surface area contributed by atoms with Crippen LogP contribution in [0, 0.1) is 6.92 Å². The van der Waals surface area contributed by atoms with Crippen LogP contribution in [0.2, 0.25) is 0 Å². The summed E-state index contributed by atoms with van der Waals surface area (Å²) in [5.74, 6) is 1.19. The fourth-order valence-corrected chi connectivity index (χ4v) is 4.28. The topological polar surface area (TPSA) is 81.8 Å². The van der Waals surface area contributed by atoms with Gasteiger partial charge in [0.1, 0.15) is 11.5 Å². The first-order valence-corrected chi connectivity index (χ1v) is 11.8. The molecule has 0 saturated carbocycles. The second-order valence-electron chi connectivity index (χ2n) is 7.25. The molecule has 0 radical (unpaired) electrons. The molecule has 3 rings (SSSR count). The molecule has 0 aliphatic rings. The first-order chi connectivity index (χ1) is 14.9. The van der Waals surface area contributed by atoms with E-state index in [0.29, 0.717) is 25.3 Å². The van der Waals surface area contributed by atoms with Crippen LogP contribution in [0.1, 0.15) is 37.3 Å². The van der Waals surface area contributed by atoms with Gasteiger partial charge in [0.05, 0.1) is 27.1 Å². The number of carboxylic acids is 1. The zero-order valence-corrected chi connectivity index (χ0v) is 20.2. The lowest BCUT2D eigenvalue weighted by atomic mass is 10.1. The predicted octanol–water partition coefficient (Wildman–Crippen LogP) is 5.91. The molecule has 2 unspecified atom stereocenters. The van der Waals surface area contributed by atoms with E-state index in [4.69, 9.17) is 13.9 Å². The zero-order valence-electron chi connectivity index (χ0n) is 17.8.